The molecule has 0 aromatic heterocycles. The number of halogens is 1. The fourth-order valence-electron chi connectivity index (χ4n) is 3.98. The second-order valence-electron chi connectivity index (χ2n) is 7.38. The summed E-state index contributed by atoms with van der Waals surface area (Å²) in [7, 11) is -3.90. The summed E-state index contributed by atoms with van der Waals surface area (Å²) >= 11 is 7.85. The van der Waals surface area contributed by atoms with Gasteiger partial charge in [-0.1, -0.05) is 23.7 Å². The van der Waals surface area contributed by atoms with Crippen LogP contribution < -0.4 is 5.32 Å². The van der Waals surface area contributed by atoms with Gasteiger partial charge in [-0.05, 0) is 60.5 Å². The van der Waals surface area contributed by atoms with Crippen LogP contribution in [0.25, 0.3) is 0 Å². The molecule has 0 aliphatic carbocycles. The smallest absolute Gasteiger partial charge is 0.251 e. The van der Waals surface area contributed by atoms with Crippen molar-refractivity contribution in [3.63, 3.8) is 0 Å². The summed E-state index contributed by atoms with van der Waals surface area (Å²) in [6, 6.07) is 15.7. The maximum atomic E-state index is 13.1. The molecule has 156 valence electrons. The van der Waals surface area contributed by atoms with E-state index in [-0.39, 0.29) is 38.3 Å². The van der Waals surface area contributed by atoms with E-state index in [0.717, 1.165) is 22.6 Å². The van der Waals surface area contributed by atoms with Crippen LogP contribution in [-0.2, 0) is 9.84 Å². The van der Waals surface area contributed by atoms with Gasteiger partial charge in [-0.15, -0.1) is 11.8 Å². The Hall–Kier alpha value is -2.61. The average molecular weight is 470 g/mol. The minimum Gasteiger partial charge on any atom is -0.345 e. The van der Waals surface area contributed by atoms with Crippen molar-refractivity contribution in [3.8, 4) is 0 Å². The van der Waals surface area contributed by atoms with Crippen molar-refractivity contribution in [2.24, 2.45) is 0 Å². The van der Waals surface area contributed by atoms with Gasteiger partial charge in [-0.3, -0.25) is 9.59 Å². The van der Waals surface area contributed by atoms with E-state index in [1.165, 1.54) is 30.3 Å². The molecule has 2 aliphatic rings. The molecule has 0 unspecified atom stereocenters. The third-order valence-corrected chi connectivity index (χ3v) is 8.73. The van der Waals surface area contributed by atoms with Crippen LogP contribution in [0.15, 0.2) is 75.4 Å². The molecule has 1 N–H and O–H groups in total. The van der Waals surface area contributed by atoms with Gasteiger partial charge in [0, 0.05) is 32.4 Å². The molecule has 0 radical (unpaired) electrons. The van der Waals surface area contributed by atoms with Crippen LogP contribution in [0.5, 0.6) is 0 Å². The van der Waals surface area contributed by atoms with Gasteiger partial charge >= 0.3 is 0 Å². The van der Waals surface area contributed by atoms with Gasteiger partial charge in [-0.25, -0.2) is 8.42 Å². The van der Waals surface area contributed by atoms with Gasteiger partial charge in [0.05, 0.1) is 15.8 Å². The highest BCUT2D eigenvalue weighted by atomic mass is 35.5. The third-order valence-electron chi connectivity index (χ3n) is 5.52. The van der Waals surface area contributed by atoms with Gasteiger partial charge in [0.2, 0.25) is 9.84 Å². The van der Waals surface area contributed by atoms with E-state index in [4.69, 9.17) is 11.6 Å². The zero-order chi connectivity index (χ0) is 21.8. The molecule has 0 saturated carbocycles. The maximum absolute atomic E-state index is 13.1. The lowest BCUT2D eigenvalue weighted by molar-refractivity contribution is 0.0933. The fourth-order valence-corrected chi connectivity index (χ4v) is 6.95. The number of nitrogens with one attached hydrogen (secondary N) is 1. The van der Waals surface area contributed by atoms with Crippen LogP contribution in [0.1, 0.15) is 44.3 Å². The summed E-state index contributed by atoms with van der Waals surface area (Å²) in [4.78, 5) is 26.7. The molecular weight excluding hydrogens is 454 g/mol. The number of rotatable bonds is 2. The first-order valence-corrected chi connectivity index (χ1v) is 12.5. The molecule has 1 amide bonds. The van der Waals surface area contributed by atoms with Crippen LogP contribution in [-0.4, -0.2) is 25.9 Å². The van der Waals surface area contributed by atoms with Crippen LogP contribution in [0.4, 0.5) is 0 Å². The quantitative estimate of drug-likeness (QED) is 0.461. The van der Waals surface area contributed by atoms with E-state index in [2.05, 4.69) is 5.32 Å². The topological polar surface area (TPSA) is 80.3 Å². The Balaban J connectivity index is 1.50. The molecular formula is C23H16ClNO4S2. The summed E-state index contributed by atoms with van der Waals surface area (Å²) in [6.45, 7) is 0. The maximum Gasteiger partial charge on any atom is 0.251 e. The van der Waals surface area contributed by atoms with Crippen molar-refractivity contribution in [3.05, 3.63) is 87.9 Å². The number of fused-ring (bicyclic) bond motifs is 3. The minimum atomic E-state index is -3.90. The molecule has 3 aromatic rings. The van der Waals surface area contributed by atoms with E-state index in [1.54, 1.807) is 23.9 Å². The van der Waals surface area contributed by atoms with E-state index >= 15 is 0 Å². The Kier molecular flexibility index (Phi) is 4.92. The number of carbonyl (C=O) groups is 2. The number of ketones is 1. The first-order chi connectivity index (χ1) is 14.9. The first kappa shape index (κ1) is 20.3. The molecule has 0 bridgehead atoms. The molecule has 1 atom stereocenters. The third kappa shape index (κ3) is 3.37. The van der Waals surface area contributed by atoms with Crippen LogP contribution in [0.3, 0.4) is 0 Å². The molecule has 5 rings (SSSR count). The van der Waals surface area contributed by atoms with Crippen molar-refractivity contribution in [2.75, 3.05) is 5.75 Å². The number of sulfone groups is 1. The first-order valence-electron chi connectivity index (χ1n) is 9.62. The van der Waals surface area contributed by atoms with Crippen molar-refractivity contribution >= 4 is 44.9 Å². The van der Waals surface area contributed by atoms with Crippen LogP contribution in [0, 0.1) is 0 Å². The molecule has 5 nitrogen and oxygen atoms in total. The number of amides is 1. The second-order valence-corrected chi connectivity index (χ2v) is 10.8. The Bertz CT molecular complexity index is 1370. The Labute approximate surface area is 188 Å². The highest BCUT2D eigenvalue weighted by molar-refractivity contribution is 7.99. The number of hydrogen-bond donors (Lipinski definition) is 1. The Morgan fingerprint density at radius 1 is 1.00 bits per heavy atom. The molecule has 0 fully saturated rings. The normalized spacial score (nSPS) is 18.5. The van der Waals surface area contributed by atoms with Gasteiger partial charge < -0.3 is 5.32 Å². The van der Waals surface area contributed by atoms with Crippen LogP contribution in [0.2, 0.25) is 5.02 Å². The van der Waals surface area contributed by atoms with Crippen LogP contribution >= 0.6 is 23.4 Å². The standard InChI is InChI=1S/C23H16ClNO4S2/c24-14-6-8-19-17(12-14)18(9-10-30-19)25-23(27)13-5-7-16-21(11-13)31(28,29)20-4-2-1-3-15(20)22(16)26/h1-8,11-12,18H,9-10H2,(H,25,27)/t18-/m1/s1. The predicted octanol–water partition coefficient (Wildman–Crippen LogP) is 4.68. The van der Waals surface area contributed by atoms with E-state index in [1.807, 2.05) is 18.2 Å². The summed E-state index contributed by atoms with van der Waals surface area (Å²) in [5.74, 6) is 0.0936. The summed E-state index contributed by atoms with van der Waals surface area (Å²) in [5, 5.41) is 3.59. The lowest BCUT2D eigenvalue weighted by Crippen LogP contribution is -2.31. The molecule has 8 heteroatoms. The number of hydrogen-bond acceptors (Lipinski definition) is 5. The van der Waals surface area contributed by atoms with Crippen molar-refractivity contribution in [1.29, 1.82) is 0 Å². The molecule has 2 aliphatic heterocycles. The van der Waals surface area contributed by atoms with E-state index < -0.39 is 15.7 Å². The zero-order valence-electron chi connectivity index (χ0n) is 16.1. The number of benzene rings is 3. The minimum absolute atomic E-state index is 0.0297. The van der Waals surface area contributed by atoms with E-state index in [9.17, 15) is 18.0 Å². The largest absolute Gasteiger partial charge is 0.345 e. The fraction of sp³-hybridized carbons (Fsp3) is 0.130. The summed E-state index contributed by atoms with van der Waals surface area (Å²) < 4.78 is 26.2. The number of carbonyl (C=O) groups excluding carboxylic acids is 2. The Morgan fingerprint density at radius 3 is 2.61 bits per heavy atom. The predicted molar refractivity (Wildman–Crippen MR) is 119 cm³/mol. The molecule has 2 heterocycles. The summed E-state index contributed by atoms with van der Waals surface area (Å²) in [6.07, 6.45) is 0.735. The number of thioether (sulfide) groups is 1. The van der Waals surface area contributed by atoms with Gasteiger partial charge in [-0.2, -0.15) is 0 Å². The molecule has 31 heavy (non-hydrogen) atoms. The van der Waals surface area contributed by atoms with Crippen molar-refractivity contribution < 1.29 is 18.0 Å². The lowest BCUT2D eigenvalue weighted by atomic mass is 10.00. The van der Waals surface area contributed by atoms with E-state index in [0.29, 0.717) is 5.02 Å². The molecule has 0 spiro atoms. The average Bonchev–Trinajstić information content (AvgIpc) is 2.78. The summed E-state index contributed by atoms with van der Waals surface area (Å²) in [5.41, 5.74) is 1.38. The van der Waals surface area contributed by atoms with Crippen molar-refractivity contribution in [2.45, 2.75) is 27.1 Å². The SMILES string of the molecule is O=C(N[C@@H]1CCSc2ccc(Cl)cc21)c1ccc2c(c1)S(=O)(=O)c1ccccc1C2=O. The molecule has 0 saturated heterocycles. The van der Waals surface area contributed by atoms with Gasteiger partial charge in [0.25, 0.3) is 5.91 Å². The molecule has 3 aromatic carbocycles. The van der Waals surface area contributed by atoms with Gasteiger partial charge in [0.1, 0.15) is 0 Å². The zero-order valence-corrected chi connectivity index (χ0v) is 18.5. The Morgan fingerprint density at radius 2 is 1.77 bits per heavy atom. The second kappa shape index (κ2) is 7.51. The lowest BCUT2D eigenvalue weighted by Gasteiger charge is -2.26. The van der Waals surface area contributed by atoms with Gasteiger partial charge in [0.15, 0.2) is 5.78 Å². The highest BCUT2D eigenvalue weighted by Gasteiger charge is 2.35. The monoisotopic (exact) mass is 469 g/mol. The van der Waals surface area contributed by atoms with Crippen molar-refractivity contribution in [1.82, 2.24) is 5.32 Å². The highest BCUT2D eigenvalue weighted by Crippen LogP contribution is 2.38.